The smallest absolute Gasteiger partial charge is 0.146 e. The molecule has 0 saturated carbocycles. The number of rotatable bonds is 7. The van der Waals surface area contributed by atoms with Gasteiger partial charge in [0.05, 0.1) is 6.61 Å². The lowest BCUT2D eigenvalue weighted by Crippen LogP contribution is -2.13. The molecule has 8 nitrogen and oxygen atoms in total. The number of allylic oxidation sites excluding steroid dienone is 3. The Morgan fingerprint density at radius 2 is 1.35 bits per heavy atom. The molecule has 0 fully saturated rings. The van der Waals surface area contributed by atoms with Gasteiger partial charge >= 0.3 is 0 Å². The third-order valence-corrected chi connectivity index (χ3v) is 10.3. The minimum Gasteiger partial charge on any atom is -0.505 e. The highest BCUT2D eigenvalue weighted by molar-refractivity contribution is 7.99. The van der Waals surface area contributed by atoms with E-state index in [1.165, 1.54) is 20.9 Å². The summed E-state index contributed by atoms with van der Waals surface area (Å²) in [6, 6.07) is 24.8. The van der Waals surface area contributed by atoms with E-state index in [1.807, 2.05) is 55.7 Å². The maximum absolute atomic E-state index is 11.0. The van der Waals surface area contributed by atoms with Gasteiger partial charge in [-0.15, -0.1) is 26.8 Å². The summed E-state index contributed by atoms with van der Waals surface area (Å²) < 4.78 is 0. The molecule has 0 aliphatic carbocycles. The predicted molar refractivity (Wildman–Crippen MR) is 233 cm³/mol. The lowest BCUT2D eigenvalue weighted by atomic mass is 9.85. The van der Waals surface area contributed by atoms with Crippen LogP contribution in [0.5, 0.6) is 5.75 Å². The molecule has 0 aliphatic rings. The number of aryl methyl sites for hydroxylation is 1. The number of hydrogen-bond acceptors (Lipinski definition) is 8. The second kappa shape index (κ2) is 18.5. The van der Waals surface area contributed by atoms with E-state index in [0.29, 0.717) is 11.1 Å². The fourth-order valence-corrected chi connectivity index (χ4v) is 6.71. The third-order valence-electron chi connectivity index (χ3n) is 8.61. The SMILES string of the molecule is CC(/C=C\CO)=C/CC(C)(C)C.CSc1ccc2n[nH]nc2c1.Cc1cc(-n2nc3ccc(Sc4ccc(C(C)(C)C)cc4)cc3n2)c(O)c(C(C)(C)C)c1. The van der Waals surface area contributed by atoms with Gasteiger partial charge in [0, 0.05) is 20.2 Å². The van der Waals surface area contributed by atoms with E-state index in [2.05, 4.69) is 137 Å². The monoisotopic (exact) mass is 778 g/mol. The number of aromatic nitrogens is 6. The third kappa shape index (κ3) is 12.8. The number of benzene rings is 4. The molecule has 0 unspecified atom stereocenters. The molecule has 4 aromatic carbocycles. The number of phenolic OH excluding ortho intramolecular Hbond substituents is 1. The van der Waals surface area contributed by atoms with E-state index >= 15 is 0 Å². The van der Waals surface area contributed by atoms with Gasteiger partial charge in [-0.05, 0) is 108 Å². The molecule has 0 atom stereocenters. The summed E-state index contributed by atoms with van der Waals surface area (Å²) in [6.07, 6.45) is 9.03. The van der Waals surface area contributed by atoms with E-state index in [4.69, 9.17) is 5.11 Å². The van der Waals surface area contributed by atoms with Crippen LogP contribution < -0.4 is 0 Å². The van der Waals surface area contributed by atoms with Gasteiger partial charge in [-0.1, -0.05) is 116 Å². The Labute approximate surface area is 335 Å². The molecule has 0 saturated heterocycles. The number of aromatic amines is 1. The van der Waals surface area contributed by atoms with Gasteiger partial charge in [0.15, 0.2) is 0 Å². The molecule has 0 radical (unpaired) electrons. The molecule has 3 N–H and O–H groups in total. The first-order chi connectivity index (χ1) is 25.8. The molecule has 10 heteroatoms. The van der Waals surface area contributed by atoms with E-state index in [-0.39, 0.29) is 23.2 Å². The van der Waals surface area contributed by atoms with Crippen molar-refractivity contribution in [3.8, 4) is 11.4 Å². The van der Waals surface area contributed by atoms with Crippen molar-refractivity contribution in [1.82, 2.24) is 30.4 Å². The average Bonchev–Trinajstić information content (AvgIpc) is 3.77. The number of fused-ring (bicyclic) bond motifs is 2. The summed E-state index contributed by atoms with van der Waals surface area (Å²) in [6.45, 7) is 23.8. The quantitative estimate of drug-likeness (QED) is 0.108. The summed E-state index contributed by atoms with van der Waals surface area (Å²) in [5, 5.41) is 39.3. The highest BCUT2D eigenvalue weighted by atomic mass is 32.2. The first-order valence-corrected chi connectivity index (χ1v) is 20.6. The second-order valence-electron chi connectivity index (χ2n) is 16.9. The van der Waals surface area contributed by atoms with Gasteiger partial charge in [-0.3, -0.25) is 0 Å². The van der Waals surface area contributed by atoms with E-state index in [0.717, 1.165) is 44.5 Å². The number of H-pyrrole nitrogens is 1. The first-order valence-electron chi connectivity index (χ1n) is 18.6. The predicted octanol–water partition coefficient (Wildman–Crippen LogP) is 11.8. The Bertz CT molecular complexity index is 2230. The second-order valence-corrected chi connectivity index (χ2v) is 18.9. The van der Waals surface area contributed by atoms with Crippen LogP contribution in [0.3, 0.4) is 0 Å². The van der Waals surface area contributed by atoms with Crippen molar-refractivity contribution in [2.24, 2.45) is 5.41 Å². The minimum atomic E-state index is -0.177. The van der Waals surface area contributed by atoms with E-state index in [9.17, 15) is 5.11 Å². The number of nitrogens with zero attached hydrogens (tertiary/aromatic N) is 5. The van der Waals surface area contributed by atoms with Gasteiger partial charge in [0.1, 0.15) is 33.5 Å². The molecule has 0 bridgehead atoms. The van der Waals surface area contributed by atoms with Gasteiger partial charge in [0.25, 0.3) is 0 Å². The number of nitrogens with one attached hydrogen (secondary N) is 1. The number of thioether (sulfide) groups is 1. The standard InChI is InChI=1S/C27H31N3OS.C11H20O.C7H7N3S/c1-17-14-21(27(5,6)7)25(31)24(15-17)30-28-22-13-12-20(16-23(22)29-30)32-19-10-8-18(9-11-19)26(2,3)4;1-10(6-5-9-12)7-8-11(2,3)4;1-11-5-2-3-6-7(4-5)9-10-8-6/h8-16,31H,1-7H3;5-7,12H,8-9H2,1-4H3;2-4H,1H3,(H,8,9,10)/b;6-5-,10-7-;. The van der Waals surface area contributed by atoms with Crippen molar-refractivity contribution in [2.45, 2.75) is 108 Å². The van der Waals surface area contributed by atoms with Crippen molar-refractivity contribution in [3.05, 3.63) is 113 Å². The van der Waals surface area contributed by atoms with Gasteiger partial charge in [-0.2, -0.15) is 15.4 Å². The summed E-state index contributed by atoms with van der Waals surface area (Å²) in [5.41, 5.74) is 8.90. The Balaban J connectivity index is 0.000000238. The van der Waals surface area contributed by atoms with Crippen LogP contribution in [0.1, 0.15) is 92.3 Å². The number of aromatic hydroxyl groups is 1. The molecule has 6 aromatic rings. The van der Waals surface area contributed by atoms with Gasteiger partial charge in [-0.25, -0.2) is 0 Å². The van der Waals surface area contributed by atoms with Crippen LogP contribution in [0.4, 0.5) is 0 Å². The van der Waals surface area contributed by atoms with Gasteiger partial charge in [0.2, 0.25) is 0 Å². The summed E-state index contributed by atoms with van der Waals surface area (Å²) >= 11 is 3.42. The van der Waals surface area contributed by atoms with Crippen molar-refractivity contribution in [3.63, 3.8) is 0 Å². The molecule has 292 valence electrons. The van der Waals surface area contributed by atoms with Gasteiger partial charge < -0.3 is 10.2 Å². The van der Waals surface area contributed by atoms with Crippen LogP contribution in [0.25, 0.3) is 27.8 Å². The number of aliphatic hydroxyl groups is 1. The van der Waals surface area contributed by atoms with Crippen LogP contribution in [0, 0.1) is 12.3 Å². The zero-order valence-electron chi connectivity index (χ0n) is 34.5. The Hall–Kier alpha value is -4.38. The maximum atomic E-state index is 11.0. The fourth-order valence-electron chi connectivity index (χ4n) is 5.43. The minimum absolute atomic E-state index is 0.126. The summed E-state index contributed by atoms with van der Waals surface area (Å²) in [7, 11) is 0. The Kier molecular flexibility index (Phi) is 14.6. The lowest BCUT2D eigenvalue weighted by Gasteiger charge is -2.22. The maximum Gasteiger partial charge on any atom is 0.146 e. The van der Waals surface area contributed by atoms with Crippen molar-refractivity contribution in [1.29, 1.82) is 0 Å². The van der Waals surface area contributed by atoms with Crippen LogP contribution >= 0.6 is 23.5 Å². The zero-order chi connectivity index (χ0) is 40.6. The van der Waals surface area contributed by atoms with Crippen LogP contribution in [-0.2, 0) is 10.8 Å². The Morgan fingerprint density at radius 1 is 0.745 bits per heavy atom. The number of hydrogen-bond donors (Lipinski definition) is 3. The molecular weight excluding hydrogens is 721 g/mol. The highest BCUT2D eigenvalue weighted by Crippen LogP contribution is 2.37. The average molecular weight is 779 g/mol. The topological polar surface area (TPSA) is 113 Å². The molecule has 6 rings (SSSR count). The van der Waals surface area contributed by atoms with E-state index in [1.54, 1.807) is 34.4 Å². The van der Waals surface area contributed by atoms with E-state index < -0.39 is 0 Å². The fraction of sp³-hybridized carbons (Fsp3) is 0.378. The molecule has 55 heavy (non-hydrogen) atoms. The summed E-state index contributed by atoms with van der Waals surface area (Å²) in [4.78, 5) is 5.06. The zero-order valence-corrected chi connectivity index (χ0v) is 36.2. The molecule has 0 spiro atoms. The first kappa shape index (κ1) is 43.3. The lowest BCUT2D eigenvalue weighted by molar-refractivity contribution is 0.342. The molecule has 2 aromatic heterocycles. The largest absolute Gasteiger partial charge is 0.505 e. The Morgan fingerprint density at radius 3 is 1.96 bits per heavy atom. The number of aliphatic hydroxyl groups excluding tert-OH is 1. The van der Waals surface area contributed by atoms with Crippen LogP contribution in [0.2, 0.25) is 0 Å². The molecule has 0 aliphatic heterocycles. The highest BCUT2D eigenvalue weighted by Gasteiger charge is 2.22. The molecule has 0 amide bonds. The van der Waals surface area contributed by atoms with Crippen molar-refractivity contribution in [2.75, 3.05) is 12.9 Å². The van der Waals surface area contributed by atoms with Crippen molar-refractivity contribution < 1.29 is 10.2 Å². The number of phenols is 1. The van der Waals surface area contributed by atoms with Crippen LogP contribution in [0.15, 0.2) is 111 Å². The van der Waals surface area contributed by atoms with Crippen molar-refractivity contribution >= 4 is 45.6 Å². The summed E-state index contributed by atoms with van der Waals surface area (Å²) in [5.74, 6) is 0.233. The molecule has 2 heterocycles. The molecular formula is C45H58N6O2S2. The normalized spacial score (nSPS) is 12.5. The van der Waals surface area contributed by atoms with Crippen LogP contribution in [-0.4, -0.2) is 53.5 Å².